The predicted molar refractivity (Wildman–Crippen MR) is 80.5 cm³/mol. The Balaban J connectivity index is -0.0000000645. The van der Waals surface area contributed by atoms with Crippen molar-refractivity contribution in [3.05, 3.63) is 0 Å². The summed E-state index contributed by atoms with van der Waals surface area (Å²) in [5, 5.41) is 34.5. The number of carboxylic acids is 4. The molecule has 0 saturated carbocycles. The summed E-state index contributed by atoms with van der Waals surface area (Å²) in [4.78, 5) is 44.4. The molecule has 0 atom stereocenters. The topological polar surface area (TPSA) is 156 Å². The summed E-state index contributed by atoms with van der Waals surface area (Å²) < 4.78 is 0. The molecule has 0 fully saturated rings. The van der Waals surface area contributed by atoms with Gasteiger partial charge < -0.3 is 27.6 Å². The third kappa shape index (κ3) is 21.3. The van der Waals surface area contributed by atoms with Gasteiger partial charge in [0.25, 0.3) is 0 Å². The van der Waals surface area contributed by atoms with Crippen molar-refractivity contribution in [2.24, 2.45) is 0 Å². The van der Waals surface area contributed by atoms with Crippen LogP contribution in [0.15, 0.2) is 0 Å². The second kappa shape index (κ2) is 18.1. The summed E-state index contributed by atoms with van der Waals surface area (Å²) in [5.74, 6) is -4.91. The first-order chi connectivity index (χ1) is 9.20. The molecule has 13 heteroatoms. The molecule has 0 aromatic rings. The molecule has 0 aliphatic rings. The van der Waals surface area contributed by atoms with Gasteiger partial charge in [-0.15, -0.1) is 0 Å². The number of rotatable bonds is 11. The molecule has 0 aromatic carbocycles. The fourth-order valence-electron chi connectivity index (χ4n) is 1.48. The zero-order valence-electron chi connectivity index (χ0n) is 18.0. The van der Waals surface area contributed by atoms with Crippen molar-refractivity contribution >= 4 is 99.4 Å². The average molecular weight is 400 g/mol. The van der Waals surface area contributed by atoms with Gasteiger partial charge in [-0.25, -0.2) is 0 Å². The maximum atomic E-state index is 10.6. The molecule has 0 amide bonds. The molecule has 0 spiro atoms. The zero-order chi connectivity index (χ0) is 15.7. The van der Waals surface area contributed by atoms with Crippen LogP contribution in [0.4, 0.5) is 0 Å². The standard InChI is InChI=1S/C10H16N2O8.2Ca.Na.5H/c13-7(14)3-11(4-8(15)16)1-2-12(5-9(17)18)6-10(19)20;;;;;;;;/h1-6H2,(H,13,14)(H,15,16)(H,17,18)(H,19,20);;;;;;;;/q;2*+2;+1;5*-1. The van der Waals surface area contributed by atoms with E-state index in [9.17, 15) is 19.2 Å². The Kier molecular flexibility index (Phi) is 25.2. The number of carbonyl (C=O) groups is 4. The van der Waals surface area contributed by atoms with Crippen molar-refractivity contribution in [2.75, 3.05) is 39.3 Å². The Morgan fingerprint density at radius 3 is 0.913 bits per heavy atom. The molecule has 0 aliphatic heterocycles. The minimum absolute atomic E-state index is 0. The molecule has 4 N–H and O–H groups in total. The summed E-state index contributed by atoms with van der Waals surface area (Å²) in [6.45, 7) is -2.25. The average Bonchev–Trinajstić information content (AvgIpc) is 2.22. The second-order valence-electron chi connectivity index (χ2n) is 4.00. The molecule has 124 valence electrons. The van der Waals surface area contributed by atoms with E-state index in [2.05, 4.69) is 0 Å². The van der Waals surface area contributed by atoms with Crippen molar-refractivity contribution in [2.45, 2.75) is 0 Å². The maximum Gasteiger partial charge on any atom is 2.00 e. The smallest absolute Gasteiger partial charge is 1.00 e. The fourth-order valence-corrected chi connectivity index (χ4v) is 1.48. The maximum absolute atomic E-state index is 10.6. The Labute approximate surface area is 221 Å². The molecular formula is C10H21Ca2N2NaO8. The molecular weight excluding hydrogens is 379 g/mol. The Morgan fingerprint density at radius 1 is 0.609 bits per heavy atom. The van der Waals surface area contributed by atoms with E-state index >= 15 is 0 Å². The Bertz CT molecular complexity index is 350. The van der Waals surface area contributed by atoms with Crippen LogP contribution in [0.1, 0.15) is 7.13 Å². The summed E-state index contributed by atoms with van der Waals surface area (Å²) in [7, 11) is 0. The first-order valence-electron chi connectivity index (χ1n) is 5.52. The van der Waals surface area contributed by atoms with Crippen LogP contribution in [-0.2, 0) is 19.2 Å². The molecule has 0 saturated heterocycles. The second-order valence-corrected chi connectivity index (χ2v) is 4.00. The van der Waals surface area contributed by atoms with E-state index in [0.29, 0.717) is 0 Å². The molecule has 0 bridgehead atoms. The SMILES string of the molecule is O=C(O)CN(CCN(CC(=O)O)CC(=O)O)CC(=O)O.[Ca+2].[Ca+2].[H-].[H-].[H-].[H-].[H-].[Na+]. The molecule has 10 nitrogen and oxygen atoms in total. The first-order valence-corrected chi connectivity index (χ1v) is 5.52. The number of hydrogen-bond acceptors (Lipinski definition) is 6. The van der Waals surface area contributed by atoms with E-state index in [1.807, 2.05) is 0 Å². The quantitative estimate of drug-likeness (QED) is 0.247. The summed E-state index contributed by atoms with van der Waals surface area (Å²) in [6, 6.07) is 0. The van der Waals surface area contributed by atoms with E-state index in [4.69, 9.17) is 20.4 Å². The van der Waals surface area contributed by atoms with E-state index in [0.717, 1.165) is 9.80 Å². The van der Waals surface area contributed by atoms with Crippen molar-refractivity contribution in [1.82, 2.24) is 9.80 Å². The van der Waals surface area contributed by atoms with E-state index < -0.39 is 50.1 Å². The van der Waals surface area contributed by atoms with Gasteiger partial charge in [-0.3, -0.25) is 29.0 Å². The van der Waals surface area contributed by atoms with Crippen LogP contribution in [0, 0.1) is 0 Å². The molecule has 0 rings (SSSR count). The summed E-state index contributed by atoms with van der Waals surface area (Å²) in [6.07, 6.45) is 0. The van der Waals surface area contributed by atoms with Crippen LogP contribution in [0.2, 0.25) is 0 Å². The van der Waals surface area contributed by atoms with Gasteiger partial charge in [0.05, 0.1) is 26.2 Å². The van der Waals surface area contributed by atoms with Gasteiger partial charge in [-0.2, -0.15) is 0 Å². The van der Waals surface area contributed by atoms with Crippen LogP contribution in [0.3, 0.4) is 0 Å². The van der Waals surface area contributed by atoms with Gasteiger partial charge in [0, 0.05) is 13.1 Å². The van der Waals surface area contributed by atoms with Crippen LogP contribution >= 0.6 is 0 Å². The predicted octanol–water partition coefficient (Wildman–Crippen LogP) is -5.27. The fraction of sp³-hybridized carbons (Fsp3) is 0.600. The van der Waals surface area contributed by atoms with E-state index in [1.54, 1.807) is 0 Å². The number of carboxylic acid groups (broad SMARTS) is 4. The number of hydrogen-bond donors (Lipinski definition) is 4. The van der Waals surface area contributed by atoms with Crippen molar-refractivity contribution in [3.63, 3.8) is 0 Å². The van der Waals surface area contributed by atoms with E-state index in [-0.39, 0.29) is 125 Å². The van der Waals surface area contributed by atoms with Gasteiger partial charge in [0.1, 0.15) is 0 Å². The molecule has 0 aliphatic carbocycles. The van der Waals surface area contributed by atoms with Crippen LogP contribution in [0.25, 0.3) is 0 Å². The largest absolute Gasteiger partial charge is 2.00 e. The molecule has 23 heavy (non-hydrogen) atoms. The molecule has 0 aromatic heterocycles. The Morgan fingerprint density at radius 2 is 0.783 bits per heavy atom. The van der Waals surface area contributed by atoms with Gasteiger partial charge in [-0.1, -0.05) is 0 Å². The van der Waals surface area contributed by atoms with Gasteiger partial charge >= 0.3 is 129 Å². The normalized spacial score (nSPS) is 9.30. The third-order valence-electron chi connectivity index (χ3n) is 2.17. The monoisotopic (exact) mass is 400 g/mol. The number of aliphatic carboxylic acids is 4. The molecule has 0 unspecified atom stereocenters. The first kappa shape index (κ1) is 32.0. The number of nitrogens with zero attached hydrogens (tertiary/aromatic N) is 2. The summed E-state index contributed by atoms with van der Waals surface area (Å²) >= 11 is 0. The van der Waals surface area contributed by atoms with Crippen LogP contribution in [-0.4, -0.2) is 169 Å². The van der Waals surface area contributed by atoms with Gasteiger partial charge in [0.15, 0.2) is 0 Å². The molecule has 0 heterocycles. The van der Waals surface area contributed by atoms with Gasteiger partial charge in [-0.05, 0) is 0 Å². The minimum Gasteiger partial charge on any atom is -1.00 e. The Hall–Kier alpha value is 1.32. The van der Waals surface area contributed by atoms with Crippen LogP contribution < -0.4 is 29.6 Å². The summed E-state index contributed by atoms with van der Waals surface area (Å²) in [5.41, 5.74) is 0. The van der Waals surface area contributed by atoms with Crippen LogP contribution in [0.5, 0.6) is 0 Å². The van der Waals surface area contributed by atoms with E-state index in [1.165, 1.54) is 0 Å². The zero-order valence-corrected chi connectivity index (χ0v) is 19.4. The minimum atomic E-state index is -1.23. The van der Waals surface area contributed by atoms with Crippen molar-refractivity contribution < 1.29 is 76.3 Å². The van der Waals surface area contributed by atoms with Crippen molar-refractivity contribution in [1.29, 1.82) is 0 Å². The van der Waals surface area contributed by atoms with Crippen molar-refractivity contribution in [3.8, 4) is 0 Å². The van der Waals surface area contributed by atoms with Gasteiger partial charge in [0.2, 0.25) is 0 Å². The third-order valence-corrected chi connectivity index (χ3v) is 2.17. The molecule has 0 radical (unpaired) electrons.